The number of nitrogens with one attached hydrogen (secondary N) is 1. The maximum atomic E-state index is 13.0. The number of para-hydroxylation sites is 2. The number of benzene rings is 2. The Balaban J connectivity index is 1.67. The quantitative estimate of drug-likeness (QED) is 0.516. The number of nitrogens with zero attached hydrogens (tertiary/aromatic N) is 4. The van der Waals surface area contributed by atoms with E-state index in [9.17, 15) is 14.4 Å². The van der Waals surface area contributed by atoms with Gasteiger partial charge in [0.15, 0.2) is 5.16 Å². The smallest absolute Gasteiger partial charge is 0.280 e. The van der Waals surface area contributed by atoms with Crippen molar-refractivity contribution in [1.29, 1.82) is 0 Å². The molecule has 1 aromatic heterocycles. The van der Waals surface area contributed by atoms with Crippen LogP contribution in [0.15, 0.2) is 69.6 Å². The molecule has 0 atom stereocenters. The molecule has 0 unspecified atom stereocenters. The van der Waals surface area contributed by atoms with E-state index in [1.165, 1.54) is 4.68 Å². The third kappa shape index (κ3) is 3.90. The zero-order chi connectivity index (χ0) is 20.4. The highest BCUT2D eigenvalue weighted by Crippen LogP contribution is 2.20. The first kappa shape index (κ1) is 18.9. The van der Waals surface area contributed by atoms with Gasteiger partial charge in [0.05, 0.1) is 28.8 Å². The van der Waals surface area contributed by atoms with E-state index in [-0.39, 0.29) is 23.6 Å². The molecule has 146 valence electrons. The molecule has 0 aliphatic carbocycles. The molecule has 1 aliphatic heterocycles. The number of imide groups is 1. The number of aromatic nitrogens is 2. The molecule has 1 aliphatic rings. The first-order valence-electron chi connectivity index (χ1n) is 8.89. The molecule has 0 saturated carbocycles. The molecular weight excluding hydrogens is 390 g/mol. The molecule has 0 saturated heterocycles. The molecule has 9 heteroatoms. The zero-order valence-electron chi connectivity index (χ0n) is 15.5. The summed E-state index contributed by atoms with van der Waals surface area (Å²) >= 11 is 1.07. The van der Waals surface area contributed by atoms with E-state index in [2.05, 4.69) is 15.5 Å². The lowest BCUT2D eigenvalue weighted by molar-refractivity contribution is -0.141. The molecule has 1 N–H and O–H groups in total. The number of amides is 2. The zero-order valence-corrected chi connectivity index (χ0v) is 16.3. The Labute approximate surface area is 170 Å². The van der Waals surface area contributed by atoms with Crippen molar-refractivity contribution in [1.82, 2.24) is 14.7 Å². The summed E-state index contributed by atoms with van der Waals surface area (Å²) in [5, 5.41) is 5.64. The summed E-state index contributed by atoms with van der Waals surface area (Å²) in [7, 11) is 0. The van der Waals surface area contributed by atoms with Crippen molar-refractivity contribution in [3.8, 4) is 0 Å². The first-order chi connectivity index (χ1) is 14.0. The fourth-order valence-electron chi connectivity index (χ4n) is 2.89. The average molecular weight is 407 g/mol. The van der Waals surface area contributed by atoms with Gasteiger partial charge in [-0.05, 0) is 31.2 Å². The fourth-order valence-corrected chi connectivity index (χ4v) is 3.68. The molecule has 8 nitrogen and oxygen atoms in total. The summed E-state index contributed by atoms with van der Waals surface area (Å²) in [4.78, 5) is 41.9. The van der Waals surface area contributed by atoms with Crippen LogP contribution in [0, 0.1) is 0 Å². The number of hydrogen-bond donors (Lipinski definition) is 1. The van der Waals surface area contributed by atoms with Gasteiger partial charge in [-0.15, -0.1) is 0 Å². The lowest BCUT2D eigenvalue weighted by Crippen LogP contribution is -2.32. The predicted octanol–water partition coefficient (Wildman–Crippen LogP) is 2.50. The maximum absolute atomic E-state index is 13.0. The second kappa shape index (κ2) is 7.88. The van der Waals surface area contributed by atoms with Crippen LogP contribution in [-0.4, -0.2) is 37.9 Å². The highest BCUT2D eigenvalue weighted by molar-refractivity contribution is 7.99. The number of fused-ring (bicyclic) bond motifs is 1. The van der Waals surface area contributed by atoms with Crippen LogP contribution in [0.1, 0.15) is 13.3 Å². The van der Waals surface area contributed by atoms with Crippen LogP contribution in [-0.2, 0) is 9.59 Å². The molecule has 0 fully saturated rings. The van der Waals surface area contributed by atoms with E-state index in [1.54, 1.807) is 31.2 Å². The number of carbonyl (C=O) groups excluding carboxylic acids is 2. The van der Waals surface area contributed by atoms with Crippen LogP contribution in [0.5, 0.6) is 0 Å². The van der Waals surface area contributed by atoms with Crippen LogP contribution in [0.2, 0.25) is 0 Å². The Bertz CT molecular complexity index is 1190. The van der Waals surface area contributed by atoms with Crippen LogP contribution < -0.4 is 11.0 Å². The minimum Gasteiger partial charge on any atom is -0.289 e. The van der Waals surface area contributed by atoms with Crippen molar-refractivity contribution < 1.29 is 9.59 Å². The highest BCUT2D eigenvalue weighted by Gasteiger charge is 2.27. The second-order valence-electron chi connectivity index (χ2n) is 6.43. The Morgan fingerprint density at radius 3 is 2.55 bits per heavy atom. The van der Waals surface area contributed by atoms with Gasteiger partial charge in [0, 0.05) is 5.71 Å². The van der Waals surface area contributed by atoms with Crippen molar-refractivity contribution in [2.45, 2.75) is 18.5 Å². The number of hydrazone groups is 1. The largest absolute Gasteiger partial charge is 0.289 e. The fraction of sp³-hybridized carbons (Fsp3) is 0.150. The highest BCUT2D eigenvalue weighted by atomic mass is 32.2. The average Bonchev–Trinajstić information content (AvgIpc) is 3.07. The van der Waals surface area contributed by atoms with Crippen LogP contribution in [0.25, 0.3) is 10.9 Å². The van der Waals surface area contributed by atoms with E-state index in [4.69, 9.17) is 0 Å². The van der Waals surface area contributed by atoms with Crippen LogP contribution in [0.4, 0.5) is 5.69 Å². The third-order valence-electron chi connectivity index (χ3n) is 4.23. The van der Waals surface area contributed by atoms with Gasteiger partial charge >= 0.3 is 0 Å². The summed E-state index contributed by atoms with van der Waals surface area (Å²) in [6.07, 6.45) is 0.144. The van der Waals surface area contributed by atoms with Crippen LogP contribution >= 0.6 is 11.8 Å². The van der Waals surface area contributed by atoms with Gasteiger partial charge < -0.3 is 0 Å². The molecule has 2 aromatic carbocycles. The summed E-state index contributed by atoms with van der Waals surface area (Å²) in [5.74, 6) is -0.881. The van der Waals surface area contributed by atoms with Crippen molar-refractivity contribution in [2.75, 3.05) is 11.2 Å². The van der Waals surface area contributed by atoms with Gasteiger partial charge in [-0.2, -0.15) is 14.8 Å². The van der Waals surface area contributed by atoms with Gasteiger partial charge in [0.2, 0.25) is 0 Å². The van der Waals surface area contributed by atoms with Crippen molar-refractivity contribution in [2.24, 2.45) is 5.10 Å². The van der Waals surface area contributed by atoms with E-state index < -0.39 is 5.91 Å². The van der Waals surface area contributed by atoms with Crippen molar-refractivity contribution in [3.63, 3.8) is 0 Å². The van der Waals surface area contributed by atoms with E-state index in [0.717, 1.165) is 16.8 Å². The number of thioether (sulfide) groups is 1. The Kier molecular flexibility index (Phi) is 5.13. The number of rotatable bonds is 5. The lowest BCUT2D eigenvalue weighted by Gasteiger charge is -2.15. The molecule has 0 radical (unpaired) electrons. The number of anilines is 1. The molecule has 2 amide bonds. The molecule has 0 bridgehead atoms. The minimum atomic E-state index is -0.453. The summed E-state index contributed by atoms with van der Waals surface area (Å²) in [5.41, 5.74) is 4.60. The Morgan fingerprint density at radius 2 is 1.83 bits per heavy atom. The topological polar surface area (TPSA) is 96.7 Å². The summed E-state index contributed by atoms with van der Waals surface area (Å²) in [6, 6.07) is 16.2. The summed E-state index contributed by atoms with van der Waals surface area (Å²) in [6.45, 7) is 1.70. The van der Waals surface area contributed by atoms with Gasteiger partial charge in [0.25, 0.3) is 17.4 Å². The first-order valence-corrected chi connectivity index (χ1v) is 9.88. The molecule has 3 aromatic rings. The van der Waals surface area contributed by atoms with E-state index in [1.807, 2.05) is 30.3 Å². The van der Waals surface area contributed by atoms with Crippen molar-refractivity contribution in [3.05, 3.63) is 65.0 Å². The predicted molar refractivity (Wildman–Crippen MR) is 112 cm³/mol. The van der Waals surface area contributed by atoms with Gasteiger partial charge in [0.1, 0.15) is 0 Å². The van der Waals surface area contributed by atoms with Gasteiger partial charge in [-0.25, -0.2) is 4.98 Å². The van der Waals surface area contributed by atoms with Crippen molar-refractivity contribution >= 4 is 45.9 Å². The van der Waals surface area contributed by atoms with Gasteiger partial charge in [-0.3, -0.25) is 19.8 Å². The SMILES string of the molecule is CC1=NN(C(=O)CSc2nc3ccccc3c(=O)n2Nc2ccccc2)C(=O)C1. The molecule has 29 heavy (non-hydrogen) atoms. The van der Waals surface area contributed by atoms with E-state index in [0.29, 0.717) is 27.5 Å². The van der Waals surface area contributed by atoms with Gasteiger partial charge in [-0.1, -0.05) is 42.1 Å². The third-order valence-corrected chi connectivity index (χ3v) is 5.16. The standard InChI is InChI=1S/C20H17N5O3S/c1-13-11-17(26)24(22-13)18(27)12-29-20-21-16-10-6-5-9-15(16)19(28)25(20)23-14-7-3-2-4-8-14/h2-10,23H,11-12H2,1H3. The lowest BCUT2D eigenvalue weighted by atomic mass is 10.2. The number of carbonyl (C=O) groups is 2. The minimum absolute atomic E-state index is 0.0796. The monoisotopic (exact) mass is 407 g/mol. The Morgan fingerprint density at radius 1 is 1.10 bits per heavy atom. The normalized spacial score (nSPS) is 13.6. The number of hydrogen-bond acceptors (Lipinski definition) is 7. The molecule has 0 spiro atoms. The van der Waals surface area contributed by atoms with Crippen LogP contribution in [0.3, 0.4) is 0 Å². The molecular formula is C20H17N5O3S. The van der Waals surface area contributed by atoms with E-state index >= 15 is 0 Å². The molecule has 4 rings (SSSR count). The maximum Gasteiger partial charge on any atom is 0.280 e. The molecule has 2 heterocycles. The summed E-state index contributed by atoms with van der Waals surface area (Å²) < 4.78 is 1.32. The second-order valence-corrected chi connectivity index (χ2v) is 7.37. The Hall–Kier alpha value is -3.46.